The maximum absolute atomic E-state index is 13.9. The highest BCUT2D eigenvalue weighted by molar-refractivity contribution is 6.04. The number of amides is 1. The van der Waals surface area contributed by atoms with Gasteiger partial charge >= 0.3 is 6.18 Å². The van der Waals surface area contributed by atoms with Crippen LogP contribution < -0.4 is 10.6 Å². The van der Waals surface area contributed by atoms with Gasteiger partial charge < -0.3 is 10.6 Å². The second-order valence-corrected chi connectivity index (χ2v) is 9.06. The number of nitrogens with one attached hydrogen (secondary N) is 2. The molecule has 1 aliphatic rings. The zero-order chi connectivity index (χ0) is 26.7. The Morgan fingerprint density at radius 1 is 1.18 bits per heavy atom. The van der Waals surface area contributed by atoms with Crippen molar-refractivity contribution in [3.8, 4) is 11.8 Å². The largest absolute Gasteiger partial charge is 0.416 e. The number of anilines is 1. The summed E-state index contributed by atoms with van der Waals surface area (Å²) in [4.78, 5) is 23.1. The van der Waals surface area contributed by atoms with E-state index in [9.17, 15) is 18.0 Å². The number of pyridine rings is 1. The molecule has 1 fully saturated rings. The van der Waals surface area contributed by atoms with E-state index < -0.39 is 17.6 Å². The first-order valence-electron chi connectivity index (χ1n) is 12.0. The highest BCUT2D eigenvalue weighted by Crippen LogP contribution is 2.34. The molecule has 4 aromatic rings. The van der Waals surface area contributed by atoms with E-state index in [-0.39, 0.29) is 29.4 Å². The van der Waals surface area contributed by atoms with Crippen molar-refractivity contribution >= 4 is 17.2 Å². The number of piperazine rings is 1. The first-order valence-corrected chi connectivity index (χ1v) is 12.0. The molecule has 11 heteroatoms. The molecule has 1 amide bonds. The van der Waals surface area contributed by atoms with Crippen LogP contribution in [0.4, 0.5) is 18.9 Å². The Morgan fingerprint density at radius 2 is 2.05 bits per heavy atom. The lowest BCUT2D eigenvalue weighted by atomic mass is 10.0. The fraction of sp³-hybridized carbons (Fsp3) is 0.259. The molecule has 0 radical (unpaired) electrons. The molecular formula is C27H24F3N7O. The monoisotopic (exact) mass is 519 g/mol. The zero-order valence-electron chi connectivity index (χ0n) is 20.5. The number of carbonyl (C=O) groups is 1. The van der Waals surface area contributed by atoms with Gasteiger partial charge in [-0.15, -0.1) is 0 Å². The molecule has 194 valence electrons. The summed E-state index contributed by atoms with van der Waals surface area (Å²) in [6.07, 6.45) is 1.48. The third kappa shape index (κ3) is 5.82. The summed E-state index contributed by atoms with van der Waals surface area (Å²) in [5.74, 6) is 5.29. The van der Waals surface area contributed by atoms with Crippen molar-refractivity contribution in [2.45, 2.75) is 25.7 Å². The van der Waals surface area contributed by atoms with Crippen molar-refractivity contribution in [2.75, 3.05) is 25.0 Å². The summed E-state index contributed by atoms with van der Waals surface area (Å²) in [6, 6.07) is 9.20. The topological polar surface area (TPSA) is 87.5 Å². The second-order valence-electron chi connectivity index (χ2n) is 9.06. The van der Waals surface area contributed by atoms with E-state index in [4.69, 9.17) is 0 Å². The van der Waals surface area contributed by atoms with E-state index in [2.05, 4.69) is 37.5 Å². The highest BCUT2D eigenvalue weighted by atomic mass is 19.4. The minimum absolute atomic E-state index is 0.0491. The Bertz CT molecular complexity index is 1540. The first-order chi connectivity index (χ1) is 18.3. The van der Waals surface area contributed by atoms with Gasteiger partial charge in [0, 0.05) is 62.1 Å². The summed E-state index contributed by atoms with van der Waals surface area (Å²) in [7, 11) is 0. The van der Waals surface area contributed by atoms with Crippen molar-refractivity contribution in [3.05, 3.63) is 89.1 Å². The number of hydrogen-bond donors (Lipinski definition) is 2. The molecule has 4 heterocycles. The standard InChI is InChI=1S/C27H24F3N7O/c1-18-16-36(10-9-32-18)17-20-5-6-22(12-24(20)27(28,29)30)35-26(38)21-11-19(13-31-14-21)4-7-23-15-33-25-3-2-8-34-37(23)25/h2-3,5-6,8,11-15,18,32H,9-10,16-17H2,1H3,(H,35,38)/t18-/m0/s1. The summed E-state index contributed by atoms with van der Waals surface area (Å²) in [5, 5.41) is 10.0. The quantitative estimate of drug-likeness (QED) is 0.401. The van der Waals surface area contributed by atoms with Gasteiger partial charge in [0.05, 0.1) is 17.3 Å². The molecule has 38 heavy (non-hydrogen) atoms. The van der Waals surface area contributed by atoms with Crippen LogP contribution in [-0.2, 0) is 12.7 Å². The molecule has 8 nitrogen and oxygen atoms in total. The lowest BCUT2D eigenvalue weighted by Gasteiger charge is -2.32. The number of aromatic nitrogens is 4. The van der Waals surface area contributed by atoms with Gasteiger partial charge in [-0.3, -0.25) is 14.7 Å². The number of rotatable bonds is 4. The Balaban J connectivity index is 1.33. The van der Waals surface area contributed by atoms with E-state index in [1.807, 2.05) is 11.8 Å². The summed E-state index contributed by atoms with van der Waals surface area (Å²) < 4.78 is 43.3. The number of alkyl halides is 3. The SMILES string of the molecule is C[C@H]1CN(Cc2ccc(NC(=O)c3cncc(C#Cc4cnc5cccnn45)c3)cc2C(F)(F)F)CCN1. The van der Waals surface area contributed by atoms with E-state index in [0.29, 0.717) is 30.0 Å². The predicted molar refractivity (Wildman–Crippen MR) is 135 cm³/mol. The van der Waals surface area contributed by atoms with E-state index in [1.54, 1.807) is 29.0 Å². The highest BCUT2D eigenvalue weighted by Gasteiger charge is 2.34. The van der Waals surface area contributed by atoms with Gasteiger partial charge in [0.2, 0.25) is 0 Å². The molecular weight excluding hydrogens is 495 g/mol. The molecule has 3 aromatic heterocycles. The van der Waals surface area contributed by atoms with Gasteiger partial charge in [-0.05, 0) is 48.7 Å². The van der Waals surface area contributed by atoms with Gasteiger partial charge in [0.15, 0.2) is 5.65 Å². The van der Waals surface area contributed by atoms with E-state index in [0.717, 1.165) is 12.6 Å². The Morgan fingerprint density at radius 3 is 2.87 bits per heavy atom. The molecule has 0 unspecified atom stereocenters. The number of imidazole rings is 1. The Labute approximate surface area is 216 Å². The smallest absolute Gasteiger partial charge is 0.322 e. The number of hydrogen-bond acceptors (Lipinski definition) is 6. The summed E-state index contributed by atoms with van der Waals surface area (Å²) in [6.45, 7) is 4.24. The van der Waals surface area contributed by atoms with Crippen molar-refractivity contribution in [2.24, 2.45) is 0 Å². The Kier molecular flexibility index (Phi) is 7.09. The summed E-state index contributed by atoms with van der Waals surface area (Å²) in [5.41, 5.74) is 1.29. The first kappa shape index (κ1) is 25.4. The van der Waals surface area contributed by atoms with Gasteiger partial charge in [-0.1, -0.05) is 12.0 Å². The van der Waals surface area contributed by atoms with Crippen LogP contribution in [0.25, 0.3) is 5.65 Å². The van der Waals surface area contributed by atoms with Gasteiger partial charge in [-0.25, -0.2) is 9.50 Å². The molecule has 0 spiro atoms. The van der Waals surface area contributed by atoms with Crippen molar-refractivity contribution in [3.63, 3.8) is 0 Å². The van der Waals surface area contributed by atoms with Crippen molar-refractivity contribution in [1.82, 2.24) is 29.8 Å². The zero-order valence-corrected chi connectivity index (χ0v) is 20.5. The molecule has 2 N–H and O–H groups in total. The number of benzene rings is 1. The van der Waals surface area contributed by atoms with Crippen molar-refractivity contribution in [1.29, 1.82) is 0 Å². The van der Waals surface area contributed by atoms with Crippen molar-refractivity contribution < 1.29 is 18.0 Å². The van der Waals surface area contributed by atoms with E-state index in [1.165, 1.54) is 30.6 Å². The van der Waals surface area contributed by atoms with Crippen LogP contribution in [-0.4, -0.2) is 56.1 Å². The molecule has 0 bridgehead atoms. The Hall–Kier alpha value is -4.27. The minimum atomic E-state index is -4.56. The third-order valence-corrected chi connectivity index (χ3v) is 6.13. The normalized spacial score (nSPS) is 16.2. The lowest BCUT2D eigenvalue weighted by molar-refractivity contribution is -0.138. The third-order valence-electron chi connectivity index (χ3n) is 6.13. The average molecular weight is 520 g/mol. The minimum Gasteiger partial charge on any atom is -0.322 e. The van der Waals surface area contributed by atoms with Gasteiger partial charge in [0.1, 0.15) is 5.69 Å². The maximum atomic E-state index is 13.9. The number of nitrogens with zero attached hydrogens (tertiary/aromatic N) is 5. The summed E-state index contributed by atoms with van der Waals surface area (Å²) >= 11 is 0. The lowest BCUT2D eigenvalue weighted by Crippen LogP contribution is -2.48. The maximum Gasteiger partial charge on any atom is 0.416 e. The van der Waals surface area contributed by atoms with Crippen LogP contribution in [0.5, 0.6) is 0 Å². The second kappa shape index (κ2) is 10.6. The number of halogens is 3. The van der Waals surface area contributed by atoms with Crippen LogP contribution in [0.15, 0.2) is 61.2 Å². The average Bonchev–Trinajstić information content (AvgIpc) is 3.31. The molecule has 0 saturated carbocycles. The van der Waals surface area contributed by atoms with E-state index >= 15 is 0 Å². The molecule has 1 saturated heterocycles. The van der Waals surface area contributed by atoms with Gasteiger partial charge in [0.25, 0.3) is 5.91 Å². The molecule has 1 aromatic carbocycles. The number of fused-ring (bicyclic) bond motifs is 1. The fourth-order valence-electron chi connectivity index (χ4n) is 4.34. The fourth-order valence-corrected chi connectivity index (χ4v) is 4.34. The molecule has 1 atom stereocenters. The van der Waals surface area contributed by atoms with Crippen LogP contribution in [0.2, 0.25) is 0 Å². The molecule has 1 aliphatic heterocycles. The molecule has 0 aliphatic carbocycles. The van der Waals surface area contributed by atoms with Crippen LogP contribution in [0.3, 0.4) is 0 Å². The van der Waals surface area contributed by atoms with Crippen LogP contribution in [0, 0.1) is 11.8 Å². The van der Waals surface area contributed by atoms with Crippen LogP contribution in [0.1, 0.15) is 39.7 Å². The number of carbonyl (C=O) groups excluding carboxylic acids is 1. The predicted octanol–water partition coefficient (Wildman–Crippen LogP) is 3.59. The van der Waals surface area contributed by atoms with Crippen LogP contribution >= 0.6 is 0 Å². The van der Waals surface area contributed by atoms with Gasteiger partial charge in [-0.2, -0.15) is 18.3 Å². The molecule has 5 rings (SSSR count).